The van der Waals surface area contributed by atoms with Gasteiger partial charge in [0.1, 0.15) is 6.04 Å². The molecule has 100 valence electrons. The molecule has 0 amide bonds. The molecule has 0 aromatic heterocycles. The van der Waals surface area contributed by atoms with Gasteiger partial charge in [0.15, 0.2) is 0 Å². The molecule has 1 aromatic carbocycles. The second-order valence-electron chi connectivity index (χ2n) is 4.31. The molecule has 0 heterocycles. The maximum Gasteiger partial charge on any atom is 0.322 e. The van der Waals surface area contributed by atoms with Crippen LogP contribution >= 0.6 is 0 Å². The lowest BCUT2D eigenvalue weighted by atomic mass is 10.2. The highest BCUT2D eigenvalue weighted by atomic mass is 16.5. The molecule has 0 aliphatic carbocycles. The minimum Gasteiger partial charge on any atom is -0.468 e. The summed E-state index contributed by atoms with van der Waals surface area (Å²) in [5, 5.41) is 3.14. The Morgan fingerprint density at radius 2 is 2.06 bits per heavy atom. The Labute approximate surface area is 109 Å². The first kappa shape index (κ1) is 14.5. The van der Waals surface area contributed by atoms with Gasteiger partial charge in [0.05, 0.1) is 7.11 Å². The van der Waals surface area contributed by atoms with Crippen LogP contribution in [-0.4, -0.2) is 39.3 Å². The van der Waals surface area contributed by atoms with E-state index in [2.05, 4.69) is 34.1 Å². The summed E-state index contributed by atoms with van der Waals surface area (Å²) in [6, 6.07) is 10.0. The van der Waals surface area contributed by atoms with Crippen molar-refractivity contribution in [2.45, 2.75) is 19.4 Å². The number of carbonyl (C=O) groups is 1. The van der Waals surface area contributed by atoms with Crippen LogP contribution in [0.2, 0.25) is 0 Å². The van der Waals surface area contributed by atoms with Crippen molar-refractivity contribution in [1.29, 1.82) is 0 Å². The lowest BCUT2D eigenvalue weighted by molar-refractivity contribution is -0.142. The third-order valence-corrected chi connectivity index (χ3v) is 2.87. The Balaban J connectivity index is 2.20. The van der Waals surface area contributed by atoms with Crippen molar-refractivity contribution in [3.63, 3.8) is 0 Å². The van der Waals surface area contributed by atoms with Gasteiger partial charge < -0.3 is 15.0 Å². The maximum absolute atomic E-state index is 11.2. The van der Waals surface area contributed by atoms with Crippen LogP contribution in [0, 0.1) is 0 Å². The number of esters is 1. The van der Waals surface area contributed by atoms with Gasteiger partial charge in [-0.3, -0.25) is 4.79 Å². The van der Waals surface area contributed by atoms with Crippen LogP contribution in [0.3, 0.4) is 0 Å². The smallest absolute Gasteiger partial charge is 0.322 e. The van der Waals surface area contributed by atoms with Gasteiger partial charge in [-0.15, -0.1) is 0 Å². The summed E-state index contributed by atoms with van der Waals surface area (Å²) >= 11 is 0. The number of rotatable bonds is 7. The van der Waals surface area contributed by atoms with E-state index in [9.17, 15) is 4.79 Å². The van der Waals surface area contributed by atoms with Crippen LogP contribution in [0.5, 0.6) is 0 Å². The fourth-order valence-electron chi connectivity index (χ4n) is 1.71. The van der Waals surface area contributed by atoms with E-state index in [1.807, 2.05) is 25.1 Å². The van der Waals surface area contributed by atoms with Crippen LogP contribution in [-0.2, 0) is 9.53 Å². The topological polar surface area (TPSA) is 41.6 Å². The lowest BCUT2D eigenvalue weighted by Crippen LogP contribution is -2.36. The van der Waals surface area contributed by atoms with Gasteiger partial charge >= 0.3 is 5.97 Å². The van der Waals surface area contributed by atoms with Gasteiger partial charge in [-0.25, -0.2) is 0 Å². The second-order valence-corrected chi connectivity index (χ2v) is 4.31. The van der Waals surface area contributed by atoms with Crippen LogP contribution < -0.4 is 10.2 Å². The third kappa shape index (κ3) is 4.75. The molecule has 0 bridgehead atoms. The Bertz CT molecular complexity index is 354. The summed E-state index contributed by atoms with van der Waals surface area (Å²) in [6.45, 7) is 3.56. The molecule has 0 saturated heterocycles. The van der Waals surface area contributed by atoms with Crippen molar-refractivity contribution in [2.24, 2.45) is 0 Å². The molecule has 1 N–H and O–H groups in total. The molecule has 4 nitrogen and oxygen atoms in total. The zero-order valence-corrected chi connectivity index (χ0v) is 11.3. The number of hydrogen-bond acceptors (Lipinski definition) is 4. The standard InChI is InChI=1S/C14H22N2O2/c1-12(14(17)18-3)15-10-7-11-16(2)13-8-5-4-6-9-13/h4-6,8-9,12,15H,7,10-11H2,1-3H3. The third-order valence-electron chi connectivity index (χ3n) is 2.87. The predicted molar refractivity (Wildman–Crippen MR) is 73.8 cm³/mol. The molecule has 1 rings (SSSR count). The van der Waals surface area contributed by atoms with Gasteiger partial charge in [0.25, 0.3) is 0 Å². The highest BCUT2D eigenvalue weighted by molar-refractivity contribution is 5.75. The Kier molecular flexibility index (Phi) is 6.22. The monoisotopic (exact) mass is 250 g/mol. The number of hydrogen-bond donors (Lipinski definition) is 1. The Morgan fingerprint density at radius 3 is 2.67 bits per heavy atom. The fraction of sp³-hybridized carbons (Fsp3) is 0.500. The van der Waals surface area contributed by atoms with Gasteiger partial charge in [-0.05, 0) is 32.0 Å². The zero-order chi connectivity index (χ0) is 13.4. The number of methoxy groups -OCH3 is 1. The minimum absolute atomic E-state index is 0.216. The number of nitrogens with zero attached hydrogens (tertiary/aromatic N) is 1. The quantitative estimate of drug-likeness (QED) is 0.590. The van der Waals surface area contributed by atoms with E-state index in [1.54, 1.807) is 0 Å². The largest absolute Gasteiger partial charge is 0.468 e. The van der Waals surface area contributed by atoms with Crippen molar-refractivity contribution in [3.05, 3.63) is 30.3 Å². The van der Waals surface area contributed by atoms with E-state index in [0.717, 1.165) is 19.5 Å². The molecule has 0 spiro atoms. The number of nitrogens with one attached hydrogen (secondary N) is 1. The van der Waals surface area contributed by atoms with Gasteiger partial charge in [0, 0.05) is 19.3 Å². The fourth-order valence-corrected chi connectivity index (χ4v) is 1.71. The first-order valence-electron chi connectivity index (χ1n) is 6.22. The number of anilines is 1. The van der Waals surface area contributed by atoms with Gasteiger partial charge in [-0.1, -0.05) is 18.2 Å². The average Bonchev–Trinajstić information content (AvgIpc) is 2.43. The average molecular weight is 250 g/mol. The number of para-hydroxylation sites is 1. The highest BCUT2D eigenvalue weighted by Gasteiger charge is 2.11. The molecule has 1 aromatic rings. The molecule has 4 heteroatoms. The molecule has 0 aliphatic heterocycles. The summed E-state index contributed by atoms with van der Waals surface area (Å²) in [5.41, 5.74) is 1.21. The molecular formula is C14H22N2O2. The summed E-state index contributed by atoms with van der Waals surface area (Å²) in [4.78, 5) is 13.4. The number of ether oxygens (including phenoxy) is 1. The first-order chi connectivity index (χ1) is 8.65. The Hall–Kier alpha value is -1.55. The van der Waals surface area contributed by atoms with Crippen molar-refractivity contribution >= 4 is 11.7 Å². The van der Waals surface area contributed by atoms with E-state index in [-0.39, 0.29) is 12.0 Å². The first-order valence-corrected chi connectivity index (χ1v) is 6.22. The van der Waals surface area contributed by atoms with Crippen molar-refractivity contribution in [2.75, 3.05) is 32.1 Å². The second kappa shape index (κ2) is 7.71. The SMILES string of the molecule is COC(=O)C(C)NCCCN(C)c1ccccc1. The van der Waals surface area contributed by atoms with Gasteiger partial charge in [0.2, 0.25) is 0 Å². The van der Waals surface area contributed by atoms with E-state index in [4.69, 9.17) is 0 Å². The van der Waals surface area contributed by atoms with Crippen LogP contribution in [0.15, 0.2) is 30.3 Å². The van der Waals surface area contributed by atoms with E-state index >= 15 is 0 Å². The van der Waals surface area contributed by atoms with E-state index < -0.39 is 0 Å². The van der Waals surface area contributed by atoms with Crippen LogP contribution in [0.4, 0.5) is 5.69 Å². The Morgan fingerprint density at radius 1 is 1.39 bits per heavy atom. The van der Waals surface area contributed by atoms with E-state index in [1.165, 1.54) is 12.8 Å². The molecule has 0 radical (unpaired) electrons. The number of carbonyl (C=O) groups excluding carboxylic acids is 1. The van der Waals surface area contributed by atoms with Crippen molar-refractivity contribution in [3.8, 4) is 0 Å². The summed E-state index contributed by atoms with van der Waals surface area (Å²) in [7, 11) is 3.47. The molecular weight excluding hydrogens is 228 g/mol. The zero-order valence-electron chi connectivity index (χ0n) is 11.3. The van der Waals surface area contributed by atoms with Crippen molar-refractivity contribution < 1.29 is 9.53 Å². The molecule has 0 saturated carbocycles. The predicted octanol–water partition coefficient (Wildman–Crippen LogP) is 1.66. The normalized spacial score (nSPS) is 11.9. The van der Waals surface area contributed by atoms with Gasteiger partial charge in [-0.2, -0.15) is 0 Å². The van der Waals surface area contributed by atoms with Crippen LogP contribution in [0.1, 0.15) is 13.3 Å². The summed E-state index contributed by atoms with van der Waals surface area (Å²) in [6.07, 6.45) is 0.979. The molecule has 0 aliphatic rings. The molecule has 1 unspecified atom stereocenters. The summed E-state index contributed by atoms with van der Waals surface area (Å²) < 4.78 is 4.65. The van der Waals surface area contributed by atoms with E-state index in [0.29, 0.717) is 0 Å². The minimum atomic E-state index is -0.239. The lowest BCUT2D eigenvalue weighted by Gasteiger charge is -2.19. The molecule has 1 atom stereocenters. The molecule has 18 heavy (non-hydrogen) atoms. The van der Waals surface area contributed by atoms with Crippen molar-refractivity contribution in [1.82, 2.24) is 5.32 Å². The number of benzene rings is 1. The molecule has 0 fully saturated rings. The maximum atomic E-state index is 11.2. The summed E-state index contributed by atoms with van der Waals surface area (Å²) in [5.74, 6) is -0.216. The van der Waals surface area contributed by atoms with Crippen LogP contribution in [0.25, 0.3) is 0 Å². The highest BCUT2D eigenvalue weighted by Crippen LogP contribution is 2.10.